The van der Waals surface area contributed by atoms with E-state index in [4.69, 9.17) is 0 Å². The Balaban J connectivity index is 1.84. The standard InChI is InChI=1S/C18H24N2S/c1-14(2)10-19-11-16-8-9-18(20-12-16)21-13-17-7-5-4-6-15(17)3/h4-9,12,14,19H,10-11,13H2,1-3H3. The summed E-state index contributed by atoms with van der Waals surface area (Å²) >= 11 is 1.79. The summed E-state index contributed by atoms with van der Waals surface area (Å²) in [5.74, 6) is 1.66. The van der Waals surface area contributed by atoms with Crippen molar-refractivity contribution in [3.63, 3.8) is 0 Å². The molecule has 1 heterocycles. The van der Waals surface area contributed by atoms with E-state index in [9.17, 15) is 0 Å². The normalized spacial score (nSPS) is 11.0. The van der Waals surface area contributed by atoms with Gasteiger partial charge in [-0.3, -0.25) is 0 Å². The number of aryl methyl sites for hydroxylation is 1. The van der Waals surface area contributed by atoms with Gasteiger partial charge in [0.05, 0.1) is 5.03 Å². The number of hydrogen-bond donors (Lipinski definition) is 1. The van der Waals surface area contributed by atoms with Crippen LogP contribution in [0.2, 0.25) is 0 Å². The maximum absolute atomic E-state index is 4.54. The molecule has 3 heteroatoms. The molecule has 2 aromatic rings. The molecule has 0 radical (unpaired) electrons. The minimum Gasteiger partial charge on any atom is -0.312 e. The molecule has 0 unspecified atom stereocenters. The van der Waals surface area contributed by atoms with Crippen molar-refractivity contribution in [1.82, 2.24) is 10.3 Å². The third-order valence-corrected chi connectivity index (χ3v) is 4.31. The summed E-state index contributed by atoms with van der Waals surface area (Å²) < 4.78 is 0. The van der Waals surface area contributed by atoms with E-state index in [1.165, 1.54) is 16.7 Å². The first-order chi connectivity index (χ1) is 10.1. The van der Waals surface area contributed by atoms with Crippen LogP contribution < -0.4 is 5.32 Å². The van der Waals surface area contributed by atoms with E-state index < -0.39 is 0 Å². The van der Waals surface area contributed by atoms with Crippen LogP contribution in [0, 0.1) is 12.8 Å². The molecule has 0 atom stereocenters. The molecule has 0 saturated carbocycles. The van der Waals surface area contributed by atoms with Crippen molar-refractivity contribution < 1.29 is 0 Å². The first kappa shape index (κ1) is 16.1. The molecule has 21 heavy (non-hydrogen) atoms. The Morgan fingerprint density at radius 2 is 1.95 bits per heavy atom. The molecule has 0 bridgehead atoms. The van der Waals surface area contributed by atoms with E-state index in [2.05, 4.69) is 67.5 Å². The summed E-state index contributed by atoms with van der Waals surface area (Å²) in [6.07, 6.45) is 1.98. The van der Waals surface area contributed by atoms with Gasteiger partial charge in [-0.15, -0.1) is 11.8 Å². The van der Waals surface area contributed by atoms with E-state index in [0.717, 1.165) is 23.9 Å². The molecule has 0 aliphatic carbocycles. The van der Waals surface area contributed by atoms with Crippen LogP contribution in [-0.4, -0.2) is 11.5 Å². The van der Waals surface area contributed by atoms with Gasteiger partial charge in [0, 0.05) is 18.5 Å². The summed E-state index contributed by atoms with van der Waals surface area (Å²) in [7, 11) is 0. The van der Waals surface area contributed by atoms with Gasteiger partial charge in [0.25, 0.3) is 0 Å². The van der Waals surface area contributed by atoms with Crippen LogP contribution in [0.5, 0.6) is 0 Å². The highest BCUT2D eigenvalue weighted by Crippen LogP contribution is 2.22. The molecular formula is C18H24N2S. The monoisotopic (exact) mass is 300 g/mol. The highest BCUT2D eigenvalue weighted by atomic mass is 32.2. The second-order valence-corrected chi connectivity index (χ2v) is 6.74. The molecule has 1 aromatic heterocycles. The Morgan fingerprint density at radius 3 is 2.62 bits per heavy atom. The number of benzene rings is 1. The summed E-state index contributed by atoms with van der Waals surface area (Å²) in [5, 5.41) is 4.53. The van der Waals surface area contributed by atoms with Gasteiger partial charge >= 0.3 is 0 Å². The van der Waals surface area contributed by atoms with Crippen molar-refractivity contribution >= 4 is 11.8 Å². The average Bonchev–Trinajstić information content (AvgIpc) is 2.47. The van der Waals surface area contributed by atoms with Gasteiger partial charge in [-0.2, -0.15) is 0 Å². The average molecular weight is 300 g/mol. The minimum atomic E-state index is 0.682. The second kappa shape index (κ2) is 8.20. The fourth-order valence-corrected chi connectivity index (χ4v) is 2.95. The molecule has 2 nitrogen and oxygen atoms in total. The van der Waals surface area contributed by atoms with E-state index in [-0.39, 0.29) is 0 Å². The number of rotatable bonds is 7. The largest absolute Gasteiger partial charge is 0.312 e. The molecule has 1 aromatic carbocycles. The van der Waals surface area contributed by atoms with Gasteiger partial charge in [-0.1, -0.05) is 44.2 Å². The lowest BCUT2D eigenvalue weighted by atomic mass is 10.1. The van der Waals surface area contributed by atoms with Crippen molar-refractivity contribution in [3.05, 3.63) is 59.3 Å². The van der Waals surface area contributed by atoms with Crippen molar-refractivity contribution in [2.75, 3.05) is 6.54 Å². The number of nitrogens with zero attached hydrogens (tertiary/aromatic N) is 1. The molecule has 0 saturated heterocycles. The van der Waals surface area contributed by atoms with Gasteiger partial charge in [-0.05, 0) is 42.1 Å². The maximum Gasteiger partial charge on any atom is 0.0963 e. The predicted octanol–water partition coefficient (Wildman–Crippen LogP) is 4.43. The van der Waals surface area contributed by atoms with E-state index in [1.54, 1.807) is 11.8 Å². The fraction of sp³-hybridized carbons (Fsp3) is 0.389. The summed E-state index contributed by atoms with van der Waals surface area (Å²) in [6.45, 7) is 8.54. The van der Waals surface area contributed by atoms with Crippen molar-refractivity contribution in [2.45, 2.75) is 38.1 Å². The molecule has 0 amide bonds. The molecule has 0 aliphatic rings. The summed E-state index contributed by atoms with van der Waals surface area (Å²) in [5.41, 5.74) is 3.97. The van der Waals surface area contributed by atoms with Crippen molar-refractivity contribution in [3.8, 4) is 0 Å². The maximum atomic E-state index is 4.54. The molecule has 2 rings (SSSR count). The molecule has 0 aliphatic heterocycles. The van der Waals surface area contributed by atoms with Gasteiger partial charge in [0.1, 0.15) is 0 Å². The van der Waals surface area contributed by atoms with Gasteiger partial charge in [0.15, 0.2) is 0 Å². The molecule has 1 N–H and O–H groups in total. The molecule has 0 spiro atoms. The van der Waals surface area contributed by atoms with Crippen LogP contribution >= 0.6 is 11.8 Å². The Morgan fingerprint density at radius 1 is 1.14 bits per heavy atom. The first-order valence-corrected chi connectivity index (χ1v) is 8.46. The zero-order chi connectivity index (χ0) is 15.1. The summed E-state index contributed by atoms with van der Waals surface area (Å²) in [4.78, 5) is 4.54. The fourth-order valence-electron chi connectivity index (χ4n) is 2.03. The SMILES string of the molecule is Cc1ccccc1CSc1ccc(CNCC(C)C)cn1. The van der Waals surface area contributed by atoms with Gasteiger partial charge in [-0.25, -0.2) is 4.98 Å². The molecule has 112 valence electrons. The summed E-state index contributed by atoms with van der Waals surface area (Å²) in [6, 6.07) is 12.8. The number of thioether (sulfide) groups is 1. The molecule has 0 fully saturated rings. The van der Waals surface area contributed by atoms with Crippen LogP contribution in [0.1, 0.15) is 30.5 Å². The van der Waals surface area contributed by atoms with E-state index >= 15 is 0 Å². The van der Waals surface area contributed by atoms with Gasteiger partial charge in [0.2, 0.25) is 0 Å². The van der Waals surface area contributed by atoms with Gasteiger partial charge < -0.3 is 5.32 Å². The Hall–Kier alpha value is -1.32. The highest BCUT2D eigenvalue weighted by molar-refractivity contribution is 7.98. The Kier molecular flexibility index (Phi) is 6.27. The smallest absolute Gasteiger partial charge is 0.0963 e. The lowest BCUT2D eigenvalue weighted by molar-refractivity contribution is 0.551. The quantitative estimate of drug-likeness (QED) is 0.766. The third-order valence-electron chi connectivity index (χ3n) is 3.32. The van der Waals surface area contributed by atoms with E-state index in [0.29, 0.717) is 5.92 Å². The number of pyridine rings is 1. The lowest BCUT2D eigenvalue weighted by Gasteiger charge is -2.08. The third kappa shape index (κ3) is 5.52. The van der Waals surface area contributed by atoms with Crippen molar-refractivity contribution in [1.29, 1.82) is 0 Å². The van der Waals surface area contributed by atoms with Crippen molar-refractivity contribution in [2.24, 2.45) is 5.92 Å². The van der Waals surface area contributed by atoms with Crippen LogP contribution in [0.3, 0.4) is 0 Å². The second-order valence-electron chi connectivity index (χ2n) is 5.74. The first-order valence-electron chi connectivity index (χ1n) is 7.48. The number of nitrogens with one attached hydrogen (secondary N) is 1. The van der Waals surface area contributed by atoms with Crippen LogP contribution in [0.25, 0.3) is 0 Å². The topological polar surface area (TPSA) is 24.9 Å². The van der Waals surface area contributed by atoms with E-state index in [1.807, 2.05) is 6.20 Å². The zero-order valence-corrected chi connectivity index (χ0v) is 13.9. The highest BCUT2D eigenvalue weighted by Gasteiger charge is 2.01. The van der Waals surface area contributed by atoms with Crippen LogP contribution in [0.4, 0.5) is 0 Å². The Labute approximate surface area is 132 Å². The Bertz CT molecular complexity index is 549. The zero-order valence-electron chi connectivity index (χ0n) is 13.1. The van der Waals surface area contributed by atoms with Crippen LogP contribution in [-0.2, 0) is 12.3 Å². The minimum absolute atomic E-state index is 0.682. The molecular weight excluding hydrogens is 276 g/mol. The number of hydrogen-bond acceptors (Lipinski definition) is 3. The number of aromatic nitrogens is 1. The van der Waals surface area contributed by atoms with Crippen LogP contribution in [0.15, 0.2) is 47.6 Å². The predicted molar refractivity (Wildman–Crippen MR) is 91.5 cm³/mol. The lowest BCUT2D eigenvalue weighted by Crippen LogP contribution is -2.18.